The molecular weight excluding hydrogens is 322 g/mol. The van der Waals surface area contributed by atoms with Crippen LogP contribution in [0.2, 0.25) is 0 Å². The van der Waals surface area contributed by atoms with E-state index < -0.39 is 12.1 Å². The molecule has 3 atom stereocenters. The van der Waals surface area contributed by atoms with Crippen molar-refractivity contribution in [1.29, 1.82) is 0 Å². The highest BCUT2D eigenvalue weighted by Crippen LogP contribution is 2.28. The van der Waals surface area contributed by atoms with Crippen LogP contribution in [0, 0.1) is 5.92 Å². The Morgan fingerprint density at radius 3 is 2.72 bits per heavy atom. The van der Waals surface area contributed by atoms with Crippen LogP contribution in [0.1, 0.15) is 43.0 Å². The first kappa shape index (κ1) is 19.5. The van der Waals surface area contributed by atoms with Crippen LogP contribution in [0.3, 0.4) is 0 Å². The van der Waals surface area contributed by atoms with Gasteiger partial charge in [0.15, 0.2) is 11.5 Å². The Hall–Kier alpha value is -1.79. The maximum atomic E-state index is 11.6. The molecule has 1 aliphatic carbocycles. The van der Waals surface area contributed by atoms with Crippen LogP contribution >= 0.6 is 0 Å². The van der Waals surface area contributed by atoms with Crippen LogP contribution in [0.15, 0.2) is 18.2 Å². The Morgan fingerprint density at radius 1 is 1.28 bits per heavy atom. The van der Waals surface area contributed by atoms with E-state index in [2.05, 4.69) is 17.0 Å². The smallest absolute Gasteiger partial charge is 0.337 e. The van der Waals surface area contributed by atoms with Crippen molar-refractivity contribution >= 4 is 5.97 Å². The van der Waals surface area contributed by atoms with E-state index >= 15 is 0 Å². The number of esters is 1. The first-order valence-corrected chi connectivity index (χ1v) is 8.85. The Balaban J connectivity index is 1.84. The van der Waals surface area contributed by atoms with Crippen molar-refractivity contribution in [1.82, 2.24) is 5.32 Å². The number of carbonyl (C=O) groups is 1. The lowest BCUT2D eigenvalue weighted by atomic mass is 9.86. The highest BCUT2D eigenvalue weighted by molar-refractivity contribution is 5.90. The number of nitrogens with one attached hydrogen (secondary N) is 1. The Kier molecular flexibility index (Phi) is 7.52. The number of ether oxygens (including phenoxy) is 3. The number of aliphatic hydroxyl groups excluding tert-OH is 1. The zero-order chi connectivity index (χ0) is 18.2. The standard InChI is InChI=1S/C19H29NO5/c1-13-6-4-5-7-16(13)20-11-15(21)12-25-17-9-8-14(19(22)24-3)10-18(17)23-2/h8-10,13,15-16,20-21H,4-7,11-12H2,1-3H3/t13-,15-,16+/m1/s1. The van der Waals surface area contributed by atoms with Gasteiger partial charge in [-0.15, -0.1) is 0 Å². The van der Waals surface area contributed by atoms with Crippen molar-refractivity contribution < 1.29 is 24.1 Å². The molecule has 0 unspecified atom stereocenters. The van der Waals surface area contributed by atoms with E-state index in [1.807, 2.05) is 0 Å². The molecule has 1 aromatic carbocycles. The molecule has 0 bridgehead atoms. The molecule has 0 radical (unpaired) electrons. The SMILES string of the molecule is COC(=O)c1ccc(OC[C@H](O)CN[C@H]2CCCC[C@H]2C)c(OC)c1. The quantitative estimate of drug-likeness (QED) is 0.701. The van der Waals surface area contributed by atoms with Gasteiger partial charge < -0.3 is 24.6 Å². The van der Waals surface area contributed by atoms with Crippen molar-refractivity contribution in [3.8, 4) is 11.5 Å². The average molecular weight is 351 g/mol. The molecule has 0 amide bonds. The van der Waals surface area contributed by atoms with Gasteiger partial charge in [-0.1, -0.05) is 19.8 Å². The molecular formula is C19H29NO5. The van der Waals surface area contributed by atoms with Gasteiger partial charge >= 0.3 is 5.97 Å². The van der Waals surface area contributed by atoms with Crippen molar-refractivity contribution in [2.75, 3.05) is 27.4 Å². The minimum absolute atomic E-state index is 0.155. The lowest BCUT2D eigenvalue weighted by molar-refractivity contribution is 0.0600. The second-order valence-corrected chi connectivity index (χ2v) is 6.60. The van der Waals surface area contributed by atoms with Gasteiger partial charge in [0.25, 0.3) is 0 Å². The van der Waals surface area contributed by atoms with Crippen LogP contribution in [0.4, 0.5) is 0 Å². The van der Waals surface area contributed by atoms with E-state index in [1.54, 1.807) is 18.2 Å². The van der Waals surface area contributed by atoms with Gasteiger partial charge in [-0.05, 0) is 37.0 Å². The van der Waals surface area contributed by atoms with E-state index in [4.69, 9.17) is 9.47 Å². The summed E-state index contributed by atoms with van der Waals surface area (Å²) in [6, 6.07) is 5.29. The van der Waals surface area contributed by atoms with Crippen LogP contribution in [-0.2, 0) is 4.74 Å². The lowest BCUT2D eigenvalue weighted by Gasteiger charge is -2.30. The van der Waals surface area contributed by atoms with Gasteiger partial charge in [0.05, 0.1) is 19.8 Å². The third kappa shape index (κ3) is 5.61. The van der Waals surface area contributed by atoms with Gasteiger partial charge in [-0.25, -0.2) is 4.79 Å². The van der Waals surface area contributed by atoms with E-state index in [9.17, 15) is 9.90 Å². The van der Waals surface area contributed by atoms with Crippen molar-refractivity contribution in [3.63, 3.8) is 0 Å². The Bertz CT molecular complexity index is 563. The molecule has 6 heteroatoms. The maximum Gasteiger partial charge on any atom is 0.337 e. The third-order valence-electron chi connectivity index (χ3n) is 4.74. The summed E-state index contributed by atoms with van der Waals surface area (Å²) in [4.78, 5) is 11.6. The molecule has 6 nitrogen and oxygen atoms in total. The van der Waals surface area contributed by atoms with Crippen LogP contribution in [-0.4, -0.2) is 50.6 Å². The number of methoxy groups -OCH3 is 2. The first-order chi connectivity index (χ1) is 12.0. The average Bonchev–Trinajstić information content (AvgIpc) is 2.64. The molecule has 0 aromatic heterocycles. The third-order valence-corrected chi connectivity index (χ3v) is 4.74. The van der Waals surface area contributed by atoms with Crippen LogP contribution in [0.5, 0.6) is 11.5 Å². The van der Waals surface area contributed by atoms with Gasteiger partial charge in [0.1, 0.15) is 12.7 Å². The number of aliphatic hydroxyl groups is 1. The summed E-state index contributed by atoms with van der Waals surface area (Å²) in [5.41, 5.74) is 0.389. The molecule has 25 heavy (non-hydrogen) atoms. The number of hydrogen-bond acceptors (Lipinski definition) is 6. The summed E-state index contributed by atoms with van der Waals surface area (Å²) in [7, 11) is 2.83. The molecule has 1 aromatic rings. The minimum Gasteiger partial charge on any atom is -0.493 e. The number of hydrogen-bond donors (Lipinski definition) is 2. The monoisotopic (exact) mass is 351 g/mol. The topological polar surface area (TPSA) is 77.0 Å². The molecule has 0 spiro atoms. The number of rotatable bonds is 8. The maximum absolute atomic E-state index is 11.6. The summed E-state index contributed by atoms with van der Waals surface area (Å²) in [5.74, 6) is 1.13. The van der Waals surface area contributed by atoms with Crippen LogP contribution in [0.25, 0.3) is 0 Å². The van der Waals surface area contributed by atoms with E-state index in [0.717, 1.165) is 6.42 Å². The normalized spacial score (nSPS) is 21.4. The molecule has 0 heterocycles. The van der Waals surface area contributed by atoms with Crippen molar-refractivity contribution in [3.05, 3.63) is 23.8 Å². The second-order valence-electron chi connectivity index (χ2n) is 6.60. The fourth-order valence-corrected chi connectivity index (χ4v) is 3.18. The number of carbonyl (C=O) groups excluding carboxylic acids is 1. The molecule has 2 rings (SSSR count). The molecule has 140 valence electrons. The summed E-state index contributed by atoms with van der Waals surface area (Å²) in [6.07, 6.45) is 4.34. The van der Waals surface area contributed by atoms with E-state index in [-0.39, 0.29) is 6.61 Å². The molecule has 2 N–H and O–H groups in total. The van der Waals surface area contributed by atoms with Gasteiger partial charge in [-0.2, -0.15) is 0 Å². The Morgan fingerprint density at radius 2 is 2.04 bits per heavy atom. The van der Waals surface area contributed by atoms with Gasteiger partial charge in [-0.3, -0.25) is 0 Å². The predicted octanol–water partition coefficient (Wildman–Crippen LogP) is 2.39. The van der Waals surface area contributed by atoms with Gasteiger partial charge in [0, 0.05) is 12.6 Å². The summed E-state index contributed by atoms with van der Waals surface area (Å²) in [5, 5.41) is 13.6. The molecule has 1 fully saturated rings. The Labute approximate surface area is 149 Å². The predicted molar refractivity (Wildman–Crippen MR) is 95.3 cm³/mol. The van der Waals surface area contributed by atoms with Gasteiger partial charge in [0.2, 0.25) is 0 Å². The summed E-state index contributed by atoms with van der Waals surface area (Å²) < 4.78 is 15.6. The van der Waals surface area contributed by atoms with E-state index in [1.165, 1.54) is 33.5 Å². The van der Waals surface area contributed by atoms with Crippen LogP contribution < -0.4 is 14.8 Å². The molecule has 1 aliphatic rings. The van der Waals surface area contributed by atoms with Crippen molar-refractivity contribution in [2.24, 2.45) is 5.92 Å². The highest BCUT2D eigenvalue weighted by Gasteiger charge is 2.21. The summed E-state index contributed by atoms with van der Waals surface area (Å²) in [6.45, 7) is 2.91. The van der Waals surface area contributed by atoms with E-state index in [0.29, 0.717) is 35.6 Å². The van der Waals surface area contributed by atoms with Crippen molar-refractivity contribution in [2.45, 2.75) is 44.8 Å². The fraction of sp³-hybridized carbons (Fsp3) is 0.632. The zero-order valence-electron chi connectivity index (χ0n) is 15.3. The second kappa shape index (κ2) is 9.63. The molecule has 0 aliphatic heterocycles. The fourth-order valence-electron chi connectivity index (χ4n) is 3.18. The largest absolute Gasteiger partial charge is 0.493 e. The minimum atomic E-state index is -0.612. The molecule has 1 saturated carbocycles. The number of benzene rings is 1. The first-order valence-electron chi connectivity index (χ1n) is 8.85. The summed E-state index contributed by atoms with van der Waals surface area (Å²) >= 11 is 0. The lowest BCUT2D eigenvalue weighted by Crippen LogP contribution is -2.42. The zero-order valence-corrected chi connectivity index (χ0v) is 15.3. The molecule has 0 saturated heterocycles. The highest BCUT2D eigenvalue weighted by atomic mass is 16.5.